The Morgan fingerprint density at radius 2 is 1.80 bits per heavy atom. The first-order valence-corrected chi connectivity index (χ1v) is 10.1. The van der Waals surface area contributed by atoms with Gasteiger partial charge in [-0.1, -0.05) is 6.07 Å². The standard InChI is InChI=1S/C22H29N5O.2ClH/c23-22(24)27-12-7-19-1-2-21(13-20(19)15-27)28-16-18-5-10-26(11-6-18)14-17-3-8-25-9-4-17;;/h1-4,8-9,13,18H,5-7,10-12,14-16H2,(H3,23,24);2*1H. The zero-order chi connectivity index (χ0) is 19.3. The van der Waals surface area contributed by atoms with Crippen LogP contribution in [0, 0.1) is 11.3 Å². The van der Waals surface area contributed by atoms with Crippen molar-refractivity contribution in [3.8, 4) is 5.75 Å². The number of nitrogens with two attached hydrogens (primary N) is 1. The third-order valence-electron chi connectivity index (χ3n) is 5.88. The highest BCUT2D eigenvalue weighted by molar-refractivity contribution is 5.85. The number of piperidine rings is 1. The number of likely N-dealkylation sites (tertiary alicyclic amines) is 1. The molecule has 0 spiro atoms. The van der Waals surface area contributed by atoms with E-state index in [2.05, 4.69) is 40.2 Å². The van der Waals surface area contributed by atoms with Crippen LogP contribution in [0.2, 0.25) is 0 Å². The predicted molar refractivity (Wildman–Crippen MR) is 125 cm³/mol. The Bertz CT molecular complexity index is 812. The van der Waals surface area contributed by atoms with Crippen LogP contribution in [0.25, 0.3) is 0 Å². The molecule has 0 radical (unpaired) electrons. The molecule has 2 aromatic rings. The Hall–Kier alpha value is -2.02. The number of benzene rings is 1. The number of hydrogen-bond donors (Lipinski definition) is 2. The van der Waals surface area contributed by atoms with E-state index >= 15 is 0 Å². The Morgan fingerprint density at radius 1 is 1.07 bits per heavy atom. The molecule has 2 aliphatic heterocycles. The molecular formula is C22H31Cl2N5O. The second kappa shape index (κ2) is 11.4. The molecule has 6 nitrogen and oxygen atoms in total. The highest BCUT2D eigenvalue weighted by Crippen LogP contribution is 2.25. The second-order valence-electron chi connectivity index (χ2n) is 7.87. The largest absolute Gasteiger partial charge is 0.493 e. The number of nitrogens with zero attached hydrogens (tertiary/aromatic N) is 3. The number of rotatable bonds is 5. The van der Waals surface area contributed by atoms with Crippen molar-refractivity contribution in [1.29, 1.82) is 5.41 Å². The topological polar surface area (TPSA) is 78.5 Å². The molecule has 2 aliphatic rings. The second-order valence-corrected chi connectivity index (χ2v) is 7.87. The molecule has 1 aromatic carbocycles. The molecule has 0 amide bonds. The number of halogens is 2. The number of fused-ring (bicyclic) bond motifs is 1. The molecule has 1 saturated heterocycles. The lowest BCUT2D eigenvalue weighted by molar-refractivity contribution is 0.136. The van der Waals surface area contributed by atoms with Gasteiger partial charge in [-0.3, -0.25) is 15.3 Å². The monoisotopic (exact) mass is 451 g/mol. The minimum absolute atomic E-state index is 0. The van der Waals surface area contributed by atoms with Gasteiger partial charge in [0, 0.05) is 32.0 Å². The Kier molecular flexibility index (Phi) is 9.21. The summed E-state index contributed by atoms with van der Waals surface area (Å²) >= 11 is 0. The molecule has 8 heteroatoms. The fraction of sp³-hybridized carbons (Fsp3) is 0.455. The zero-order valence-electron chi connectivity index (χ0n) is 17.1. The van der Waals surface area contributed by atoms with Crippen LogP contribution in [0.1, 0.15) is 29.5 Å². The lowest BCUT2D eigenvalue weighted by Crippen LogP contribution is -2.40. The lowest BCUT2D eigenvalue weighted by atomic mass is 9.97. The highest BCUT2D eigenvalue weighted by atomic mass is 35.5. The zero-order valence-corrected chi connectivity index (χ0v) is 18.8. The van der Waals surface area contributed by atoms with Gasteiger partial charge >= 0.3 is 0 Å². The van der Waals surface area contributed by atoms with Crippen molar-refractivity contribution in [2.75, 3.05) is 26.2 Å². The van der Waals surface area contributed by atoms with Crippen molar-refractivity contribution in [1.82, 2.24) is 14.8 Å². The fourth-order valence-electron chi connectivity index (χ4n) is 4.10. The summed E-state index contributed by atoms with van der Waals surface area (Å²) in [6.45, 7) is 5.55. The van der Waals surface area contributed by atoms with E-state index < -0.39 is 0 Å². The van der Waals surface area contributed by atoms with Crippen molar-refractivity contribution in [3.05, 3.63) is 59.4 Å². The molecule has 0 atom stereocenters. The van der Waals surface area contributed by atoms with Gasteiger partial charge in [0.1, 0.15) is 5.75 Å². The van der Waals surface area contributed by atoms with Crippen molar-refractivity contribution in [3.63, 3.8) is 0 Å². The predicted octanol–water partition coefficient (Wildman–Crippen LogP) is 3.47. The van der Waals surface area contributed by atoms with Gasteiger partial charge in [-0.2, -0.15) is 0 Å². The van der Waals surface area contributed by atoms with E-state index in [9.17, 15) is 0 Å². The van der Waals surface area contributed by atoms with Crippen LogP contribution < -0.4 is 10.5 Å². The van der Waals surface area contributed by atoms with Crippen LogP contribution in [-0.2, 0) is 19.5 Å². The number of ether oxygens (including phenoxy) is 1. The summed E-state index contributed by atoms with van der Waals surface area (Å²) in [7, 11) is 0. The lowest BCUT2D eigenvalue weighted by Gasteiger charge is -2.32. The van der Waals surface area contributed by atoms with Gasteiger partial charge in [0.25, 0.3) is 0 Å². The molecule has 4 rings (SSSR count). The summed E-state index contributed by atoms with van der Waals surface area (Å²) in [5.74, 6) is 1.69. The van der Waals surface area contributed by atoms with E-state index in [0.717, 1.165) is 45.0 Å². The summed E-state index contributed by atoms with van der Waals surface area (Å²) in [5, 5.41) is 7.65. The summed E-state index contributed by atoms with van der Waals surface area (Å²) in [4.78, 5) is 8.51. The first-order chi connectivity index (χ1) is 13.7. The summed E-state index contributed by atoms with van der Waals surface area (Å²) in [6.07, 6.45) is 7.02. The smallest absolute Gasteiger partial charge is 0.188 e. The van der Waals surface area contributed by atoms with Gasteiger partial charge < -0.3 is 15.4 Å². The molecule has 0 saturated carbocycles. The number of hydrogen-bond acceptors (Lipinski definition) is 4. The number of nitrogens with one attached hydrogen (secondary N) is 1. The van der Waals surface area contributed by atoms with Crippen LogP contribution in [-0.4, -0.2) is 47.0 Å². The SMILES string of the molecule is Cl.Cl.N=C(N)N1CCc2ccc(OCC3CCN(Cc4ccncc4)CC3)cc2C1. The van der Waals surface area contributed by atoms with Crippen molar-refractivity contribution in [2.24, 2.45) is 11.7 Å². The fourth-order valence-corrected chi connectivity index (χ4v) is 4.10. The van der Waals surface area contributed by atoms with Crippen LogP contribution >= 0.6 is 24.8 Å². The molecule has 0 aliphatic carbocycles. The van der Waals surface area contributed by atoms with Gasteiger partial charge in [0.05, 0.1) is 6.61 Å². The quantitative estimate of drug-likeness (QED) is 0.537. The van der Waals surface area contributed by atoms with Crippen molar-refractivity contribution in [2.45, 2.75) is 32.4 Å². The first-order valence-electron chi connectivity index (χ1n) is 10.1. The molecular weight excluding hydrogens is 421 g/mol. The maximum Gasteiger partial charge on any atom is 0.188 e. The maximum atomic E-state index is 7.65. The van der Waals surface area contributed by atoms with Crippen LogP contribution in [0.4, 0.5) is 0 Å². The highest BCUT2D eigenvalue weighted by Gasteiger charge is 2.21. The molecule has 1 fully saturated rings. The minimum atomic E-state index is 0. The number of guanidine groups is 1. The molecule has 1 aromatic heterocycles. The van der Waals surface area contributed by atoms with E-state index in [1.165, 1.54) is 29.5 Å². The first kappa shape index (κ1) is 24.3. The Morgan fingerprint density at radius 3 is 2.50 bits per heavy atom. The van der Waals surface area contributed by atoms with Crippen molar-refractivity contribution < 1.29 is 4.74 Å². The number of pyridine rings is 1. The summed E-state index contributed by atoms with van der Waals surface area (Å²) < 4.78 is 6.13. The average molecular weight is 452 g/mol. The van der Waals surface area contributed by atoms with Crippen molar-refractivity contribution >= 4 is 30.8 Å². The van der Waals surface area contributed by atoms with E-state index in [1.54, 1.807) is 0 Å². The van der Waals surface area contributed by atoms with E-state index in [0.29, 0.717) is 12.5 Å². The molecule has 0 bridgehead atoms. The van der Waals surface area contributed by atoms with Gasteiger partial charge in [-0.15, -0.1) is 24.8 Å². The molecule has 3 N–H and O–H groups in total. The van der Waals surface area contributed by atoms with Crippen LogP contribution in [0.5, 0.6) is 5.75 Å². The van der Waals surface area contributed by atoms with E-state index in [-0.39, 0.29) is 30.8 Å². The Labute approximate surface area is 191 Å². The van der Waals surface area contributed by atoms with Gasteiger partial charge in [-0.25, -0.2) is 0 Å². The summed E-state index contributed by atoms with van der Waals surface area (Å²) in [5.41, 5.74) is 9.55. The minimum Gasteiger partial charge on any atom is -0.493 e. The van der Waals surface area contributed by atoms with E-state index in [4.69, 9.17) is 15.9 Å². The Balaban J connectivity index is 0.00000160. The van der Waals surface area contributed by atoms with Gasteiger partial charge in [-0.05, 0) is 79.2 Å². The molecule has 164 valence electrons. The van der Waals surface area contributed by atoms with Gasteiger partial charge in [0.15, 0.2) is 5.96 Å². The normalized spacial score (nSPS) is 16.7. The molecule has 0 unspecified atom stereocenters. The maximum absolute atomic E-state index is 7.65. The van der Waals surface area contributed by atoms with E-state index in [1.807, 2.05) is 17.3 Å². The number of aromatic nitrogens is 1. The molecule has 3 heterocycles. The average Bonchev–Trinajstić information content (AvgIpc) is 2.73. The summed E-state index contributed by atoms with van der Waals surface area (Å²) in [6, 6.07) is 10.6. The third kappa shape index (κ3) is 6.24. The van der Waals surface area contributed by atoms with Gasteiger partial charge in [0.2, 0.25) is 0 Å². The third-order valence-corrected chi connectivity index (χ3v) is 5.88. The molecule has 30 heavy (non-hydrogen) atoms. The van der Waals surface area contributed by atoms with Crippen LogP contribution in [0.15, 0.2) is 42.7 Å². The van der Waals surface area contributed by atoms with Crippen LogP contribution in [0.3, 0.4) is 0 Å².